The summed E-state index contributed by atoms with van der Waals surface area (Å²) in [4.78, 5) is 2.51. The minimum atomic E-state index is 0.257. The first-order valence-corrected chi connectivity index (χ1v) is 8.02. The van der Waals surface area contributed by atoms with Gasteiger partial charge in [0.2, 0.25) is 0 Å². The van der Waals surface area contributed by atoms with Gasteiger partial charge < -0.3 is 9.64 Å². The highest BCUT2D eigenvalue weighted by Gasteiger charge is 2.34. The highest BCUT2D eigenvalue weighted by Crippen LogP contribution is 2.41. The van der Waals surface area contributed by atoms with Gasteiger partial charge in [-0.25, -0.2) is 0 Å². The molecule has 19 heavy (non-hydrogen) atoms. The zero-order valence-electron chi connectivity index (χ0n) is 11.8. The van der Waals surface area contributed by atoms with Crippen LogP contribution in [0.15, 0.2) is 22.7 Å². The molecule has 0 saturated heterocycles. The van der Waals surface area contributed by atoms with Gasteiger partial charge in [0.25, 0.3) is 0 Å². The number of benzene rings is 1. The molecule has 0 unspecified atom stereocenters. The van der Waals surface area contributed by atoms with Gasteiger partial charge in [0.1, 0.15) is 0 Å². The fourth-order valence-electron chi connectivity index (χ4n) is 2.93. The Morgan fingerprint density at radius 1 is 1.37 bits per heavy atom. The van der Waals surface area contributed by atoms with Crippen LogP contribution in [0.5, 0.6) is 0 Å². The van der Waals surface area contributed by atoms with E-state index >= 15 is 0 Å². The Bertz CT molecular complexity index is 468. The first-order chi connectivity index (χ1) is 9.06. The van der Waals surface area contributed by atoms with Gasteiger partial charge in [-0.15, -0.1) is 0 Å². The summed E-state index contributed by atoms with van der Waals surface area (Å²) in [5, 5.41) is 0. The lowest BCUT2D eigenvalue weighted by molar-refractivity contribution is 0.118. The van der Waals surface area contributed by atoms with Gasteiger partial charge in [-0.3, -0.25) is 0 Å². The van der Waals surface area contributed by atoms with Crippen LogP contribution in [0.3, 0.4) is 0 Å². The van der Waals surface area contributed by atoms with Crippen molar-refractivity contribution in [2.75, 3.05) is 24.6 Å². The van der Waals surface area contributed by atoms with E-state index in [0.717, 1.165) is 26.1 Å². The third-order valence-electron chi connectivity index (χ3n) is 4.07. The van der Waals surface area contributed by atoms with Gasteiger partial charge in [0.05, 0.1) is 6.10 Å². The van der Waals surface area contributed by atoms with E-state index in [1.54, 1.807) is 0 Å². The minimum Gasteiger partial charge on any atom is -0.378 e. The number of fused-ring (bicyclic) bond motifs is 1. The molecule has 1 aliphatic heterocycles. The fraction of sp³-hybridized carbons (Fsp3) is 0.625. The highest BCUT2D eigenvalue weighted by molar-refractivity contribution is 9.10. The molecular formula is C16H22BrNO. The lowest BCUT2D eigenvalue weighted by atomic mass is 9.87. The Labute approximate surface area is 124 Å². The van der Waals surface area contributed by atoms with Crippen molar-refractivity contribution in [1.82, 2.24) is 0 Å². The maximum atomic E-state index is 5.74. The number of ether oxygens (including phenoxy) is 1. The first-order valence-electron chi connectivity index (χ1n) is 7.23. The molecule has 104 valence electrons. The number of hydrogen-bond acceptors (Lipinski definition) is 2. The molecule has 0 bridgehead atoms. The molecule has 0 N–H and O–H groups in total. The molecule has 1 fully saturated rings. The Kier molecular flexibility index (Phi) is 3.61. The van der Waals surface area contributed by atoms with Crippen LogP contribution >= 0.6 is 15.9 Å². The standard InChI is InChI=1S/C16H22BrNO/c1-16(2)11-18(8-3-9-19-13-5-6-13)15-10-12(17)4-7-14(15)16/h4,7,10,13H,3,5-6,8-9,11H2,1-2H3. The quantitative estimate of drug-likeness (QED) is 0.756. The molecule has 0 spiro atoms. The topological polar surface area (TPSA) is 12.5 Å². The average Bonchev–Trinajstić information content (AvgIpc) is 3.12. The van der Waals surface area contributed by atoms with Crippen molar-refractivity contribution >= 4 is 21.6 Å². The molecular weight excluding hydrogens is 302 g/mol. The molecule has 1 saturated carbocycles. The molecule has 0 atom stereocenters. The zero-order chi connectivity index (χ0) is 13.5. The third kappa shape index (κ3) is 2.97. The number of halogens is 1. The van der Waals surface area contributed by atoms with Crippen LogP contribution in [-0.2, 0) is 10.2 Å². The summed E-state index contributed by atoms with van der Waals surface area (Å²) in [6, 6.07) is 6.67. The summed E-state index contributed by atoms with van der Waals surface area (Å²) in [7, 11) is 0. The van der Waals surface area contributed by atoms with Crippen LogP contribution in [0.1, 0.15) is 38.7 Å². The Balaban J connectivity index is 1.64. The molecule has 0 radical (unpaired) electrons. The minimum absolute atomic E-state index is 0.257. The van der Waals surface area contributed by atoms with Gasteiger partial charge >= 0.3 is 0 Å². The van der Waals surface area contributed by atoms with Crippen LogP contribution < -0.4 is 4.90 Å². The molecule has 0 amide bonds. The van der Waals surface area contributed by atoms with Crippen LogP contribution in [0.2, 0.25) is 0 Å². The van der Waals surface area contributed by atoms with Crippen molar-refractivity contribution in [2.45, 2.75) is 44.6 Å². The summed E-state index contributed by atoms with van der Waals surface area (Å²) >= 11 is 3.59. The molecule has 3 heteroatoms. The number of rotatable bonds is 5. The Morgan fingerprint density at radius 2 is 2.16 bits per heavy atom. The van der Waals surface area contributed by atoms with E-state index in [1.807, 2.05) is 0 Å². The van der Waals surface area contributed by atoms with Crippen LogP contribution in [0.4, 0.5) is 5.69 Å². The Morgan fingerprint density at radius 3 is 2.89 bits per heavy atom. The SMILES string of the molecule is CC1(C)CN(CCCOC2CC2)c2cc(Br)ccc21. The van der Waals surface area contributed by atoms with E-state index in [9.17, 15) is 0 Å². The van der Waals surface area contributed by atoms with E-state index in [1.165, 1.54) is 28.6 Å². The summed E-state index contributed by atoms with van der Waals surface area (Å²) in [5.41, 5.74) is 3.12. The van der Waals surface area contributed by atoms with Crippen LogP contribution in [0.25, 0.3) is 0 Å². The number of nitrogens with zero attached hydrogens (tertiary/aromatic N) is 1. The second kappa shape index (κ2) is 5.10. The van der Waals surface area contributed by atoms with Gasteiger partial charge in [0.15, 0.2) is 0 Å². The molecule has 3 rings (SSSR count). The predicted octanol–water partition coefficient (Wildman–Crippen LogP) is 4.12. The summed E-state index contributed by atoms with van der Waals surface area (Å²) in [6.07, 6.45) is 4.24. The summed E-state index contributed by atoms with van der Waals surface area (Å²) in [5.74, 6) is 0. The number of hydrogen-bond donors (Lipinski definition) is 0. The molecule has 1 aromatic carbocycles. The molecule has 0 aromatic heterocycles. The van der Waals surface area contributed by atoms with Crippen molar-refractivity contribution in [2.24, 2.45) is 0 Å². The third-order valence-corrected chi connectivity index (χ3v) is 4.56. The van der Waals surface area contributed by atoms with Crippen molar-refractivity contribution in [3.05, 3.63) is 28.2 Å². The molecule has 1 aromatic rings. The van der Waals surface area contributed by atoms with Gasteiger partial charge in [-0.05, 0) is 37.0 Å². The lowest BCUT2D eigenvalue weighted by Gasteiger charge is -2.22. The van der Waals surface area contributed by atoms with Crippen molar-refractivity contribution in [3.8, 4) is 0 Å². The van der Waals surface area contributed by atoms with Gasteiger partial charge in [-0.2, -0.15) is 0 Å². The van der Waals surface area contributed by atoms with E-state index in [-0.39, 0.29) is 5.41 Å². The predicted molar refractivity (Wildman–Crippen MR) is 83.0 cm³/mol. The molecule has 1 heterocycles. The van der Waals surface area contributed by atoms with E-state index < -0.39 is 0 Å². The number of anilines is 1. The van der Waals surface area contributed by atoms with Gasteiger partial charge in [0, 0.05) is 35.3 Å². The normalized spacial score (nSPS) is 20.7. The highest BCUT2D eigenvalue weighted by atomic mass is 79.9. The van der Waals surface area contributed by atoms with Crippen molar-refractivity contribution in [3.63, 3.8) is 0 Å². The lowest BCUT2D eigenvalue weighted by Crippen LogP contribution is -2.29. The van der Waals surface area contributed by atoms with Crippen molar-refractivity contribution in [1.29, 1.82) is 0 Å². The van der Waals surface area contributed by atoms with E-state index in [0.29, 0.717) is 6.10 Å². The zero-order valence-corrected chi connectivity index (χ0v) is 13.4. The summed E-state index contributed by atoms with van der Waals surface area (Å²) in [6.45, 7) is 7.79. The maximum Gasteiger partial charge on any atom is 0.0577 e. The molecule has 2 nitrogen and oxygen atoms in total. The molecule has 2 aliphatic rings. The van der Waals surface area contributed by atoms with E-state index in [2.05, 4.69) is 52.9 Å². The second-order valence-electron chi connectivity index (χ2n) is 6.39. The smallest absolute Gasteiger partial charge is 0.0577 e. The average molecular weight is 324 g/mol. The monoisotopic (exact) mass is 323 g/mol. The fourth-order valence-corrected chi connectivity index (χ4v) is 3.27. The summed E-state index contributed by atoms with van der Waals surface area (Å²) < 4.78 is 6.91. The van der Waals surface area contributed by atoms with Gasteiger partial charge in [-0.1, -0.05) is 35.8 Å². The largest absolute Gasteiger partial charge is 0.378 e. The first kappa shape index (κ1) is 13.4. The van der Waals surface area contributed by atoms with Crippen LogP contribution in [0, 0.1) is 0 Å². The second-order valence-corrected chi connectivity index (χ2v) is 7.31. The van der Waals surface area contributed by atoms with Crippen LogP contribution in [-0.4, -0.2) is 25.8 Å². The Hall–Kier alpha value is -0.540. The van der Waals surface area contributed by atoms with E-state index in [4.69, 9.17) is 4.74 Å². The van der Waals surface area contributed by atoms with Crippen molar-refractivity contribution < 1.29 is 4.74 Å². The molecule has 1 aliphatic carbocycles. The maximum absolute atomic E-state index is 5.74.